The molecule has 3 nitrogen and oxygen atoms in total. The minimum Gasteiger partial charge on any atom is -0.0861 e. The third-order valence-corrected chi connectivity index (χ3v) is 2.49. The molecule has 5 heteroatoms. The Morgan fingerprint density at radius 3 is 2.77 bits per heavy atom. The minimum absolute atomic E-state index is 0.295. The lowest BCUT2D eigenvalue weighted by atomic mass is 10.1. The fraction of sp³-hybridized carbons (Fsp3) is 0.250. The van der Waals surface area contributed by atoms with E-state index in [9.17, 15) is 0 Å². The zero-order valence-corrected chi connectivity index (χ0v) is 8.42. The Morgan fingerprint density at radius 1 is 1.46 bits per heavy atom. The third-order valence-electron chi connectivity index (χ3n) is 1.66. The zero-order chi connectivity index (χ0) is 9.84. The summed E-state index contributed by atoms with van der Waals surface area (Å²) >= 11 is 11.7. The highest BCUT2D eigenvalue weighted by atomic mass is 35.5. The van der Waals surface area contributed by atoms with E-state index in [-0.39, 0.29) is 6.04 Å². The van der Waals surface area contributed by atoms with Crippen molar-refractivity contribution in [1.29, 1.82) is 0 Å². The van der Waals surface area contributed by atoms with Crippen LogP contribution >= 0.6 is 23.2 Å². The Labute approximate surface area is 85.9 Å². The van der Waals surface area contributed by atoms with Crippen LogP contribution in [0.25, 0.3) is 10.4 Å². The van der Waals surface area contributed by atoms with Crippen LogP contribution in [-0.4, -0.2) is 0 Å². The Morgan fingerprint density at radius 2 is 2.15 bits per heavy atom. The summed E-state index contributed by atoms with van der Waals surface area (Å²) in [5.41, 5.74) is 8.98. The van der Waals surface area contributed by atoms with Crippen LogP contribution < -0.4 is 0 Å². The average Bonchev–Trinajstić information content (AvgIpc) is 2.10. The largest absolute Gasteiger partial charge is 0.0861 e. The van der Waals surface area contributed by atoms with Gasteiger partial charge in [0, 0.05) is 4.91 Å². The topological polar surface area (TPSA) is 48.8 Å². The number of rotatable bonds is 2. The van der Waals surface area contributed by atoms with E-state index in [4.69, 9.17) is 28.7 Å². The molecule has 0 spiro atoms. The van der Waals surface area contributed by atoms with Crippen LogP contribution in [0.15, 0.2) is 23.3 Å². The molecule has 0 radical (unpaired) electrons. The van der Waals surface area contributed by atoms with Gasteiger partial charge in [-0.15, -0.1) is 0 Å². The molecule has 1 aromatic rings. The van der Waals surface area contributed by atoms with E-state index in [1.807, 2.05) is 0 Å². The third kappa shape index (κ3) is 2.28. The summed E-state index contributed by atoms with van der Waals surface area (Å²) in [7, 11) is 0. The van der Waals surface area contributed by atoms with E-state index in [2.05, 4.69) is 10.0 Å². The molecule has 0 saturated carbocycles. The van der Waals surface area contributed by atoms with Crippen molar-refractivity contribution in [3.63, 3.8) is 0 Å². The predicted molar refractivity (Wildman–Crippen MR) is 54.0 cm³/mol. The first kappa shape index (κ1) is 10.2. The van der Waals surface area contributed by atoms with Crippen molar-refractivity contribution >= 4 is 23.2 Å². The molecule has 0 aromatic heterocycles. The van der Waals surface area contributed by atoms with Crippen molar-refractivity contribution < 1.29 is 0 Å². The number of halogens is 2. The van der Waals surface area contributed by atoms with Crippen LogP contribution in [0, 0.1) is 0 Å². The standard InChI is InChI=1S/C8H7Cl2N3/c1-5(12-13-11)6-3-2-4-7(9)8(6)10/h2-5H,1H3/t5-/m1/s1. The van der Waals surface area contributed by atoms with Gasteiger partial charge < -0.3 is 0 Å². The van der Waals surface area contributed by atoms with E-state index in [1.54, 1.807) is 25.1 Å². The fourth-order valence-electron chi connectivity index (χ4n) is 0.983. The lowest BCUT2D eigenvalue weighted by Crippen LogP contribution is -1.89. The molecule has 0 aliphatic carbocycles. The van der Waals surface area contributed by atoms with Gasteiger partial charge in [0.1, 0.15) is 0 Å². The molecule has 0 aliphatic rings. The first-order chi connectivity index (χ1) is 6.16. The quantitative estimate of drug-likeness (QED) is 0.400. The van der Waals surface area contributed by atoms with Gasteiger partial charge in [-0.05, 0) is 17.2 Å². The molecule has 0 unspecified atom stereocenters. The number of hydrogen-bond donors (Lipinski definition) is 0. The first-order valence-corrected chi connectivity index (χ1v) is 4.40. The van der Waals surface area contributed by atoms with Crippen molar-refractivity contribution in [3.8, 4) is 0 Å². The van der Waals surface area contributed by atoms with Crippen molar-refractivity contribution in [2.45, 2.75) is 13.0 Å². The van der Waals surface area contributed by atoms with Crippen molar-refractivity contribution in [3.05, 3.63) is 44.3 Å². The Balaban J connectivity index is 3.14. The van der Waals surface area contributed by atoms with E-state index >= 15 is 0 Å². The van der Waals surface area contributed by atoms with Crippen molar-refractivity contribution in [2.24, 2.45) is 5.11 Å². The van der Waals surface area contributed by atoms with E-state index in [0.29, 0.717) is 10.0 Å². The fourth-order valence-corrected chi connectivity index (χ4v) is 1.45. The van der Waals surface area contributed by atoms with Crippen LogP contribution in [0.3, 0.4) is 0 Å². The van der Waals surface area contributed by atoms with Crippen molar-refractivity contribution in [1.82, 2.24) is 0 Å². The number of hydrogen-bond acceptors (Lipinski definition) is 1. The maximum Gasteiger partial charge on any atom is 0.0628 e. The molecule has 0 bridgehead atoms. The smallest absolute Gasteiger partial charge is 0.0628 e. The van der Waals surface area contributed by atoms with Crippen LogP contribution in [0.4, 0.5) is 0 Å². The lowest BCUT2D eigenvalue weighted by molar-refractivity contribution is 0.808. The van der Waals surface area contributed by atoms with Gasteiger partial charge in [0.2, 0.25) is 0 Å². The molecule has 1 aromatic carbocycles. The first-order valence-electron chi connectivity index (χ1n) is 3.65. The summed E-state index contributed by atoms with van der Waals surface area (Å²) in [5, 5.41) is 4.45. The van der Waals surface area contributed by atoms with Gasteiger partial charge in [-0.2, -0.15) is 0 Å². The van der Waals surface area contributed by atoms with Gasteiger partial charge in [-0.3, -0.25) is 0 Å². The zero-order valence-electron chi connectivity index (χ0n) is 6.91. The Hall–Kier alpha value is -0.890. The Kier molecular flexibility index (Phi) is 3.43. The molecule has 0 aliphatic heterocycles. The number of azide groups is 1. The molecule has 1 atom stereocenters. The molecular weight excluding hydrogens is 209 g/mol. The molecule has 0 heterocycles. The maximum absolute atomic E-state index is 8.24. The van der Waals surface area contributed by atoms with Gasteiger partial charge in [0.15, 0.2) is 0 Å². The highest BCUT2D eigenvalue weighted by Gasteiger charge is 2.09. The van der Waals surface area contributed by atoms with Gasteiger partial charge in [-0.25, -0.2) is 0 Å². The lowest BCUT2D eigenvalue weighted by Gasteiger charge is -2.07. The summed E-state index contributed by atoms with van der Waals surface area (Å²) in [6, 6.07) is 4.95. The highest BCUT2D eigenvalue weighted by Crippen LogP contribution is 2.31. The van der Waals surface area contributed by atoms with E-state index < -0.39 is 0 Å². The van der Waals surface area contributed by atoms with Gasteiger partial charge in [0.05, 0.1) is 16.1 Å². The van der Waals surface area contributed by atoms with Gasteiger partial charge in [-0.1, -0.05) is 47.4 Å². The van der Waals surface area contributed by atoms with Crippen LogP contribution in [-0.2, 0) is 0 Å². The molecule has 0 amide bonds. The Bertz CT molecular complexity index is 358. The van der Waals surface area contributed by atoms with E-state index in [0.717, 1.165) is 5.56 Å². The maximum atomic E-state index is 8.24. The van der Waals surface area contributed by atoms with Gasteiger partial charge >= 0.3 is 0 Å². The van der Waals surface area contributed by atoms with Crippen molar-refractivity contribution in [2.75, 3.05) is 0 Å². The summed E-state index contributed by atoms with van der Waals surface area (Å²) in [6.45, 7) is 1.76. The van der Waals surface area contributed by atoms with Crippen LogP contribution in [0.5, 0.6) is 0 Å². The number of nitrogens with zero attached hydrogens (tertiary/aromatic N) is 3. The van der Waals surface area contributed by atoms with Crippen LogP contribution in [0.2, 0.25) is 10.0 Å². The van der Waals surface area contributed by atoms with Crippen LogP contribution in [0.1, 0.15) is 18.5 Å². The molecule has 0 saturated heterocycles. The van der Waals surface area contributed by atoms with Gasteiger partial charge in [0.25, 0.3) is 0 Å². The number of benzene rings is 1. The summed E-state index contributed by atoms with van der Waals surface area (Å²) in [4.78, 5) is 2.71. The van der Waals surface area contributed by atoms with E-state index in [1.165, 1.54) is 0 Å². The molecule has 13 heavy (non-hydrogen) atoms. The monoisotopic (exact) mass is 215 g/mol. The molecule has 0 fully saturated rings. The normalized spacial score (nSPS) is 11.9. The minimum atomic E-state index is -0.295. The summed E-state index contributed by atoms with van der Waals surface area (Å²) in [6.07, 6.45) is 0. The second-order valence-electron chi connectivity index (χ2n) is 2.52. The molecule has 68 valence electrons. The summed E-state index contributed by atoms with van der Waals surface area (Å²) in [5.74, 6) is 0. The predicted octanol–water partition coefficient (Wildman–Crippen LogP) is 4.36. The second kappa shape index (κ2) is 4.38. The molecular formula is C8H7Cl2N3. The summed E-state index contributed by atoms with van der Waals surface area (Å²) < 4.78 is 0. The average molecular weight is 216 g/mol. The SMILES string of the molecule is C[C@@H](N=[N+]=[N-])c1cccc(Cl)c1Cl. The second-order valence-corrected chi connectivity index (χ2v) is 3.31. The highest BCUT2D eigenvalue weighted by molar-refractivity contribution is 6.42. The molecule has 0 N–H and O–H groups in total. The molecule has 1 rings (SSSR count).